The predicted molar refractivity (Wildman–Crippen MR) is 79.7 cm³/mol. The van der Waals surface area contributed by atoms with E-state index < -0.39 is 5.97 Å². The molecule has 1 atom stereocenters. The summed E-state index contributed by atoms with van der Waals surface area (Å²) in [6.45, 7) is 8.38. The molecule has 0 fully saturated rings. The van der Waals surface area contributed by atoms with Gasteiger partial charge in [-0.15, -0.1) is 0 Å². The average molecular weight is 283 g/mol. The van der Waals surface area contributed by atoms with E-state index in [0.717, 1.165) is 6.42 Å². The van der Waals surface area contributed by atoms with Crippen LogP contribution in [0.5, 0.6) is 11.5 Å². The van der Waals surface area contributed by atoms with Gasteiger partial charge >= 0.3 is 5.97 Å². The van der Waals surface area contributed by atoms with Gasteiger partial charge in [0, 0.05) is 12.5 Å². The fourth-order valence-electron chi connectivity index (χ4n) is 1.95. The molecule has 5 nitrogen and oxygen atoms in total. The zero-order valence-electron chi connectivity index (χ0n) is 12.6. The second-order valence-corrected chi connectivity index (χ2v) is 6.21. The summed E-state index contributed by atoms with van der Waals surface area (Å²) in [6.07, 6.45) is 1.26. The number of phenols is 2. The largest absolute Gasteiger partial charge is 0.508 e. The van der Waals surface area contributed by atoms with Crippen molar-refractivity contribution in [2.75, 3.05) is 5.73 Å². The van der Waals surface area contributed by atoms with Crippen LogP contribution in [0.15, 0.2) is 18.2 Å². The number of carboxylic acids is 1. The Balaban J connectivity index is 0.000000367. The highest BCUT2D eigenvalue weighted by Gasteiger charge is 2.16. The topological polar surface area (TPSA) is 104 Å². The van der Waals surface area contributed by atoms with E-state index in [1.165, 1.54) is 18.2 Å². The lowest BCUT2D eigenvalue weighted by molar-refractivity contribution is -0.138. The highest BCUT2D eigenvalue weighted by Crippen LogP contribution is 2.25. The third kappa shape index (κ3) is 9.08. The first-order valence-electron chi connectivity index (χ1n) is 6.50. The third-order valence-electron chi connectivity index (χ3n) is 2.50. The number of carboxylic acid groups (broad SMARTS) is 1. The number of hydrogen-bond acceptors (Lipinski definition) is 4. The monoisotopic (exact) mass is 283 g/mol. The SMILES string of the molecule is CC(CC(=O)O)CC(C)(C)C.Nc1ccc(O)cc1O. The molecular weight excluding hydrogens is 258 g/mol. The zero-order valence-corrected chi connectivity index (χ0v) is 12.6. The van der Waals surface area contributed by atoms with Gasteiger partial charge in [0.25, 0.3) is 0 Å². The van der Waals surface area contributed by atoms with Crippen LogP contribution < -0.4 is 5.73 Å². The van der Waals surface area contributed by atoms with Crippen LogP contribution in [0.4, 0.5) is 5.69 Å². The van der Waals surface area contributed by atoms with Gasteiger partial charge in [-0.25, -0.2) is 0 Å². The minimum Gasteiger partial charge on any atom is -0.508 e. The van der Waals surface area contributed by atoms with Gasteiger partial charge in [-0.1, -0.05) is 27.7 Å². The molecule has 5 heteroatoms. The number of aliphatic carboxylic acids is 1. The Morgan fingerprint density at radius 3 is 2.20 bits per heavy atom. The van der Waals surface area contributed by atoms with Crippen molar-refractivity contribution in [3.05, 3.63) is 18.2 Å². The number of anilines is 1. The van der Waals surface area contributed by atoms with Crippen LogP contribution in [0.25, 0.3) is 0 Å². The molecule has 0 saturated heterocycles. The highest BCUT2D eigenvalue weighted by atomic mass is 16.4. The number of hydrogen-bond donors (Lipinski definition) is 4. The molecule has 1 aromatic carbocycles. The van der Waals surface area contributed by atoms with Gasteiger partial charge in [0.15, 0.2) is 0 Å². The molecule has 5 N–H and O–H groups in total. The molecule has 0 saturated carbocycles. The zero-order chi connectivity index (χ0) is 15.9. The lowest BCUT2D eigenvalue weighted by atomic mass is 9.84. The summed E-state index contributed by atoms with van der Waals surface area (Å²) in [5.41, 5.74) is 5.74. The molecule has 1 rings (SSSR count). The Morgan fingerprint density at radius 1 is 1.30 bits per heavy atom. The van der Waals surface area contributed by atoms with Crippen molar-refractivity contribution >= 4 is 11.7 Å². The Labute approximate surface area is 120 Å². The van der Waals surface area contributed by atoms with Crippen LogP contribution in [-0.2, 0) is 4.79 Å². The van der Waals surface area contributed by atoms with Gasteiger partial charge in [-0.2, -0.15) is 0 Å². The highest BCUT2D eigenvalue weighted by molar-refractivity contribution is 5.66. The molecule has 0 spiro atoms. The van der Waals surface area contributed by atoms with Crippen molar-refractivity contribution in [1.82, 2.24) is 0 Å². The summed E-state index contributed by atoms with van der Waals surface area (Å²) >= 11 is 0. The van der Waals surface area contributed by atoms with E-state index in [9.17, 15) is 4.79 Å². The molecule has 20 heavy (non-hydrogen) atoms. The Kier molecular flexibility index (Phi) is 6.90. The molecule has 0 bridgehead atoms. The lowest BCUT2D eigenvalue weighted by Gasteiger charge is -2.21. The van der Waals surface area contributed by atoms with Crippen molar-refractivity contribution in [3.63, 3.8) is 0 Å². The van der Waals surface area contributed by atoms with Crippen molar-refractivity contribution < 1.29 is 20.1 Å². The maximum absolute atomic E-state index is 10.3. The van der Waals surface area contributed by atoms with Gasteiger partial charge in [-0.05, 0) is 29.9 Å². The smallest absolute Gasteiger partial charge is 0.303 e. The van der Waals surface area contributed by atoms with Gasteiger partial charge < -0.3 is 21.1 Å². The first-order valence-corrected chi connectivity index (χ1v) is 6.50. The molecule has 0 radical (unpaired) electrons. The molecule has 1 aromatic rings. The Morgan fingerprint density at radius 2 is 1.85 bits per heavy atom. The van der Waals surface area contributed by atoms with Crippen LogP contribution >= 0.6 is 0 Å². The second-order valence-electron chi connectivity index (χ2n) is 6.21. The standard InChI is InChI=1S/C9H18O2.C6H7NO2/c1-7(5-8(10)11)6-9(2,3)4;7-5-2-1-4(8)3-6(5)9/h7H,5-6H2,1-4H3,(H,10,11);1-3,8-9H,7H2. The molecule has 0 amide bonds. The molecule has 0 aliphatic rings. The van der Waals surface area contributed by atoms with E-state index in [4.69, 9.17) is 21.1 Å². The van der Waals surface area contributed by atoms with Gasteiger partial charge in [0.2, 0.25) is 0 Å². The first kappa shape index (κ1) is 18.1. The van der Waals surface area contributed by atoms with Crippen LogP contribution in [0.1, 0.15) is 40.5 Å². The minimum absolute atomic E-state index is 0.0155. The summed E-state index contributed by atoms with van der Waals surface area (Å²) in [5, 5.41) is 26.0. The normalized spacial score (nSPS) is 12.2. The van der Waals surface area contributed by atoms with Gasteiger partial charge in [0.05, 0.1) is 5.69 Å². The quantitative estimate of drug-likeness (QED) is 0.387. The summed E-state index contributed by atoms with van der Waals surface area (Å²) in [4.78, 5) is 10.3. The summed E-state index contributed by atoms with van der Waals surface area (Å²) in [5.74, 6) is -0.481. The van der Waals surface area contributed by atoms with E-state index in [1.54, 1.807) is 0 Å². The van der Waals surface area contributed by atoms with Crippen LogP contribution in [0.2, 0.25) is 0 Å². The lowest BCUT2D eigenvalue weighted by Crippen LogP contribution is -2.13. The summed E-state index contributed by atoms with van der Waals surface area (Å²) in [7, 11) is 0. The maximum Gasteiger partial charge on any atom is 0.303 e. The molecule has 0 heterocycles. The molecule has 114 valence electrons. The predicted octanol–water partition coefficient (Wildman–Crippen LogP) is 3.21. The number of nitrogen functional groups attached to an aromatic ring is 1. The van der Waals surface area contributed by atoms with Gasteiger partial charge in [-0.3, -0.25) is 4.79 Å². The van der Waals surface area contributed by atoms with Crippen LogP contribution in [-0.4, -0.2) is 21.3 Å². The summed E-state index contributed by atoms with van der Waals surface area (Å²) in [6, 6.07) is 4.04. The Hall–Kier alpha value is -1.91. The van der Waals surface area contributed by atoms with Crippen molar-refractivity contribution in [2.24, 2.45) is 11.3 Å². The molecule has 0 aliphatic carbocycles. The third-order valence-corrected chi connectivity index (χ3v) is 2.50. The molecule has 0 aromatic heterocycles. The molecule has 0 aliphatic heterocycles. The number of phenolic OH excluding ortho intramolecular Hbond substituents is 2. The minimum atomic E-state index is -0.693. The molecule has 1 unspecified atom stereocenters. The number of benzene rings is 1. The fraction of sp³-hybridized carbons (Fsp3) is 0.533. The van der Waals surface area contributed by atoms with Crippen molar-refractivity contribution in [1.29, 1.82) is 0 Å². The van der Waals surface area contributed by atoms with Crippen LogP contribution in [0, 0.1) is 11.3 Å². The first-order chi connectivity index (χ1) is 9.01. The number of nitrogens with two attached hydrogens (primary N) is 1. The van der Waals surface area contributed by atoms with Crippen molar-refractivity contribution in [2.45, 2.75) is 40.5 Å². The van der Waals surface area contributed by atoms with Crippen LogP contribution in [0.3, 0.4) is 0 Å². The van der Waals surface area contributed by atoms with Crippen molar-refractivity contribution in [3.8, 4) is 11.5 Å². The number of rotatable bonds is 3. The fourth-order valence-corrected chi connectivity index (χ4v) is 1.95. The van der Waals surface area contributed by atoms with E-state index in [2.05, 4.69) is 20.8 Å². The summed E-state index contributed by atoms with van der Waals surface area (Å²) < 4.78 is 0. The van der Waals surface area contributed by atoms with E-state index in [0.29, 0.717) is 0 Å². The molecular formula is C15H25NO4. The van der Waals surface area contributed by atoms with Gasteiger partial charge in [0.1, 0.15) is 11.5 Å². The van der Waals surface area contributed by atoms with E-state index in [-0.39, 0.29) is 34.9 Å². The number of aromatic hydroxyl groups is 2. The van der Waals surface area contributed by atoms with E-state index in [1.807, 2.05) is 6.92 Å². The van der Waals surface area contributed by atoms with E-state index >= 15 is 0 Å². The Bertz CT molecular complexity index is 438. The average Bonchev–Trinajstić information content (AvgIpc) is 2.20. The second kappa shape index (κ2) is 7.62. The number of carbonyl (C=O) groups is 1. The maximum atomic E-state index is 10.3.